The van der Waals surface area contributed by atoms with Crippen LogP contribution in [0.3, 0.4) is 0 Å². The maximum absolute atomic E-state index is 13.5. The monoisotopic (exact) mass is 466 g/mol. The summed E-state index contributed by atoms with van der Waals surface area (Å²) in [6.45, 7) is 1.23. The molecule has 5 nitrogen and oxygen atoms in total. The van der Waals surface area contributed by atoms with Crippen LogP contribution in [0.25, 0.3) is 0 Å². The van der Waals surface area contributed by atoms with Gasteiger partial charge in [-0.05, 0) is 46.7 Å². The van der Waals surface area contributed by atoms with Gasteiger partial charge in [-0.2, -0.15) is 0 Å². The molecular weight excluding hydrogens is 439 g/mol. The van der Waals surface area contributed by atoms with Crippen LogP contribution in [0.2, 0.25) is 0 Å². The number of carbonyl (C=O) groups is 2. The average molecular weight is 467 g/mol. The first-order valence-corrected chi connectivity index (χ1v) is 11.9. The zero-order chi connectivity index (χ0) is 23.2. The van der Waals surface area contributed by atoms with E-state index < -0.39 is 0 Å². The van der Waals surface area contributed by atoms with Gasteiger partial charge in [-0.1, -0.05) is 42.5 Å². The number of carbonyl (C=O) groups excluding carboxylic acids is 2. The number of methoxy groups -OCH3 is 1. The summed E-state index contributed by atoms with van der Waals surface area (Å²) in [4.78, 5) is 31.3. The molecule has 0 saturated carbocycles. The first-order valence-electron chi connectivity index (χ1n) is 11.0. The van der Waals surface area contributed by atoms with Crippen LogP contribution in [0.1, 0.15) is 27.6 Å². The molecule has 0 aliphatic carbocycles. The molecular formula is C26H27FN2O3S. The second kappa shape index (κ2) is 10.7. The number of amides is 2. The number of ether oxygens (including phenoxy) is 1. The van der Waals surface area contributed by atoms with Crippen LogP contribution in [-0.2, 0) is 27.2 Å². The average Bonchev–Trinajstić information content (AvgIpc) is 3.32. The molecule has 33 heavy (non-hydrogen) atoms. The fourth-order valence-corrected chi connectivity index (χ4v) is 5.12. The summed E-state index contributed by atoms with van der Waals surface area (Å²) in [6.07, 6.45) is 0.914. The van der Waals surface area contributed by atoms with E-state index in [1.807, 2.05) is 35.2 Å². The van der Waals surface area contributed by atoms with Crippen molar-refractivity contribution in [1.82, 2.24) is 9.80 Å². The molecule has 0 radical (unpaired) electrons. The minimum Gasteiger partial charge on any atom is -0.383 e. The Kier molecular flexibility index (Phi) is 7.52. The van der Waals surface area contributed by atoms with Crippen LogP contribution in [-0.4, -0.2) is 55.0 Å². The van der Waals surface area contributed by atoms with Gasteiger partial charge in [-0.15, -0.1) is 11.3 Å². The lowest BCUT2D eigenvalue weighted by Crippen LogP contribution is -2.47. The van der Waals surface area contributed by atoms with Crippen molar-refractivity contribution < 1.29 is 18.7 Å². The molecule has 3 aromatic rings. The summed E-state index contributed by atoms with van der Waals surface area (Å²) in [5, 5.41) is 2.08. The van der Waals surface area contributed by atoms with Gasteiger partial charge in [0.15, 0.2) is 0 Å². The van der Waals surface area contributed by atoms with Gasteiger partial charge in [0.25, 0.3) is 0 Å². The molecule has 1 aromatic heterocycles. The molecule has 2 aromatic carbocycles. The Morgan fingerprint density at radius 2 is 1.88 bits per heavy atom. The molecule has 0 N–H and O–H groups in total. The largest absolute Gasteiger partial charge is 0.383 e. The van der Waals surface area contributed by atoms with Crippen LogP contribution in [0.5, 0.6) is 0 Å². The molecule has 2 amide bonds. The van der Waals surface area contributed by atoms with E-state index in [4.69, 9.17) is 4.74 Å². The summed E-state index contributed by atoms with van der Waals surface area (Å²) >= 11 is 1.72. The van der Waals surface area contributed by atoms with Crippen molar-refractivity contribution >= 4 is 23.2 Å². The first-order chi connectivity index (χ1) is 16.1. The molecule has 1 aliphatic heterocycles. The molecule has 0 spiro atoms. The zero-order valence-corrected chi connectivity index (χ0v) is 19.4. The Morgan fingerprint density at radius 3 is 2.61 bits per heavy atom. The SMILES string of the molecule is COCCN(CC(=O)N1CCc2sccc2C1c1ccccc1)C(=O)Cc1ccc(F)cc1. The lowest BCUT2D eigenvalue weighted by molar-refractivity contribution is -0.141. The zero-order valence-electron chi connectivity index (χ0n) is 18.6. The summed E-state index contributed by atoms with van der Waals surface area (Å²) in [6, 6.07) is 17.8. The third-order valence-corrected chi connectivity index (χ3v) is 6.91. The highest BCUT2D eigenvalue weighted by molar-refractivity contribution is 7.10. The molecule has 0 bridgehead atoms. The maximum Gasteiger partial charge on any atom is 0.242 e. The number of halogens is 1. The summed E-state index contributed by atoms with van der Waals surface area (Å²) < 4.78 is 18.4. The summed E-state index contributed by atoms with van der Waals surface area (Å²) in [5.41, 5.74) is 2.93. The van der Waals surface area contributed by atoms with Gasteiger partial charge in [0.2, 0.25) is 11.8 Å². The number of rotatable bonds is 8. The van der Waals surface area contributed by atoms with Gasteiger partial charge < -0.3 is 14.5 Å². The predicted molar refractivity (Wildman–Crippen MR) is 127 cm³/mol. The van der Waals surface area contributed by atoms with E-state index in [1.165, 1.54) is 17.0 Å². The Hall–Kier alpha value is -3.03. The normalized spacial score (nSPS) is 15.2. The molecule has 0 saturated heterocycles. The third kappa shape index (κ3) is 5.49. The first kappa shape index (κ1) is 23.1. The van der Waals surface area contributed by atoms with Gasteiger partial charge in [0, 0.05) is 25.1 Å². The summed E-state index contributed by atoms with van der Waals surface area (Å²) in [5.74, 6) is -0.622. The van der Waals surface area contributed by atoms with E-state index in [2.05, 4.69) is 11.4 Å². The lowest BCUT2D eigenvalue weighted by atomic mass is 9.93. The van der Waals surface area contributed by atoms with E-state index in [1.54, 1.807) is 35.5 Å². The van der Waals surface area contributed by atoms with E-state index >= 15 is 0 Å². The van der Waals surface area contributed by atoms with Crippen molar-refractivity contribution in [2.45, 2.75) is 18.9 Å². The number of fused-ring (bicyclic) bond motifs is 1. The Morgan fingerprint density at radius 1 is 1.12 bits per heavy atom. The number of thiophene rings is 1. The van der Waals surface area contributed by atoms with Gasteiger partial charge >= 0.3 is 0 Å². The quantitative estimate of drug-likeness (QED) is 0.503. The van der Waals surface area contributed by atoms with Crippen molar-refractivity contribution in [1.29, 1.82) is 0 Å². The van der Waals surface area contributed by atoms with Crippen molar-refractivity contribution in [2.24, 2.45) is 0 Å². The number of nitrogens with zero attached hydrogens (tertiary/aromatic N) is 2. The van der Waals surface area contributed by atoms with Crippen molar-refractivity contribution in [3.05, 3.63) is 93.4 Å². The van der Waals surface area contributed by atoms with Crippen molar-refractivity contribution in [2.75, 3.05) is 33.4 Å². The number of hydrogen-bond acceptors (Lipinski definition) is 4. The highest BCUT2D eigenvalue weighted by Gasteiger charge is 2.33. The Labute approximate surface area is 197 Å². The van der Waals surface area contributed by atoms with Gasteiger partial charge in [-0.3, -0.25) is 9.59 Å². The topological polar surface area (TPSA) is 49.9 Å². The molecule has 2 heterocycles. The highest BCUT2D eigenvalue weighted by Crippen LogP contribution is 2.37. The third-order valence-electron chi connectivity index (χ3n) is 5.91. The predicted octanol–water partition coefficient (Wildman–Crippen LogP) is 4.08. The van der Waals surface area contributed by atoms with Crippen LogP contribution < -0.4 is 0 Å². The standard InChI is InChI=1S/C26H27FN2O3S/c1-32-15-14-28(24(30)17-19-7-9-21(27)10-8-19)18-25(31)29-13-11-23-22(12-16-33-23)26(29)20-5-3-2-4-6-20/h2-10,12,16,26H,11,13-15,17-18H2,1H3. The van der Waals surface area contributed by atoms with Crippen LogP contribution in [0.4, 0.5) is 4.39 Å². The maximum atomic E-state index is 13.5. The number of benzene rings is 2. The molecule has 4 rings (SSSR count). The molecule has 0 fully saturated rings. The van der Waals surface area contributed by atoms with Crippen LogP contribution >= 0.6 is 11.3 Å². The molecule has 1 atom stereocenters. The minimum atomic E-state index is -0.345. The second-order valence-electron chi connectivity index (χ2n) is 8.06. The minimum absolute atomic E-state index is 0.0216. The van der Waals surface area contributed by atoms with E-state index in [-0.39, 0.29) is 36.6 Å². The second-order valence-corrected chi connectivity index (χ2v) is 9.06. The van der Waals surface area contributed by atoms with E-state index in [9.17, 15) is 14.0 Å². The molecule has 172 valence electrons. The van der Waals surface area contributed by atoms with Crippen LogP contribution in [0.15, 0.2) is 66.0 Å². The lowest BCUT2D eigenvalue weighted by Gasteiger charge is -2.37. The Balaban J connectivity index is 1.53. The van der Waals surface area contributed by atoms with Gasteiger partial charge in [0.1, 0.15) is 5.82 Å². The molecule has 7 heteroatoms. The molecule has 1 unspecified atom stereocenters. The van der Waals surface area contributed by atoms with Gasteiger partial charge in [0.05, 0.1) is 25.6 Å². The highest BCUT2D eigenvalue weighted by atomic mass is 32.1. The van der Waals surface area contributed by atoms with Crippen molar-refractivity contribution in [3.63, 3.8) is 0 Å². The fourth-order valence-electron chi connectivity index (χ4n) is 4.22. The Bertz CT molecular complexity index is 1080. The van der Waals surface area contributed by atoms with E-state index in [0.717, 1.165) is 17.5 Å². The van der Waals surface area contributed by atoms with Crippen LogP contribution in [0, 0.1) is 5.82 Å². The van der Waals surface area contributed by atoms with Crippen molar-refractivity contribution in [3.8, 4) is 0 Å². The molecule has 1 aliphatic rings. The smallest absolute Gasteiger partial charge is 0.242 e. The fraction of sp³-hybridized carbons (Fsp3) is 0.308. The summed E-state index contributed by atoms with van der Waals surface area (Å²) in [7, 11) is 1.57. The number of hydrogen-bond donors (Lipinski definition) is 0. The van der Waals surface area contributed by atoms with Gasteiger partial charge in [-0.25, -0.2) is 4.39 Å². The van der Waals surface area contributed by atoms with E-state index in [0.29, 0.717) is 25.3 Å².